The van der Waals surface area contributed by atoms with Crippen LogP contribution in [0.2, 0.25) is 0 Å². The van der Waals surface area contributed by atoms with Gasteiger partial charge in [0, 0.05) is 12.1 Å². The first-order chi connectivity index (χ1) is 6.81. The van der Waals surface area contributed by atoms with Crippen molar-refractivity contribution < 1.29 is 18.3 Å². The molecule has 1 N–H and O–H groups in total. The Morgan fingerprint density at radius 1 is 1.33 bits per heavy atom. The molecular formula is C10H18F3NO. The van der Waals surface area contributed by atoms with E-state index in [9.17, 15) is 18.3 Å². The molecule has 15 heavy (non-hydrogen) atoms. The standard InChI is InChI=1S/C10H18F3NO/c1-7(2)14(6-10(11,12)13)8-4-3-5-9(8)15/h7-9,15H,3-6H2,1-2H3/t8-,9-/m0/s1. The van der Waals surface area contributed by atoms with Gasteiger partial charge in [-0.2, -0.15) is 13.2 Å². The molecule has 0 radical (unpaired) electrons. The maximum absolute atomic E-state index is 12.3. The van der Waals surface area contributed by atoms with Crippen LogP contribution in [0.15, 0.2) is 0 Å². The molecule has 5 heteroatoms. The van der Waals surface area contributed by atoms with E-state index in [1.54, 1.807) is 13.8 Å². The van der Waals surface area contributed by atoms with E-state index in [-0.39, 0.29) is 12.1 Å². The second kappa shape index (κ2) is 4.70. The SMILES string of the molecule is CC(C)N(CC(F)(F)F)[C@H]1CCC[C@@H]1O. The molecule has 0 aromatic rings. The molecule has 1 aliphatic carbocycles. The third kappa shape index (κ3) is 3.65. The molecule has 2 atom stereocenters. The summed E-state index contributed by atoms with van der Waals surface area (Å²) in [6.07, 6.45) is -2.70. The summed E-state index contributed by atoms with van der Waals surface area (Å²) in [5.41, 5.74) is 0. The van der Waals surface area contributed by atoms with Gasteiger partial charge in [-0.25, -0.2) is 0 Å². The topological polar surface area (TPSA) is 23.5 Å². The molecule has 0 saturated heterocycles. The Kier molecular flexibility index (Phi) is 4.00. The third-order valence-corrected chi connectivity index (χ3v) is 2.90. The van der Waals surface area contributed by atoms with Gasteiger partial charge in [0.25, 0.3) is 0 Å². The Morgan fingerprint density at radius 3 is 2.27 bits per heavy atom. The van der Waals surface area contributed by atoms with Crippen LogP contribution in [0.4, 0.5) is 13.2 Å². The summed E-state index contributed by atoms with van der Waals surface area (Å²) in [6, 6.07) is -0.518. The molecular weight excluding hydrogens is 207 g/mol. The molecule has 1 aliphatic rings. The second-order valence-electron chi connectivity index (χ2n) is 4.45. The smallest absolute Gasteiger partial charge is 0.391 e. The van der Waals surface area contributed by atoms with Crippen molar-refractivity contribution in [2.75, 3.05) is 6.54 Å². The highest BCUT2D eigenvalue weighted by Gasteiger charge is 2.39. The summed E-state index contributed by atoms with van der Waals surface area (Å²) in [4.78, 5) is 1.36. The second-order valence-corrected chi connectivity index (χ2v) is 4.45. The van der Waals surface area contributed by atoms with Crippen molar-refractivity contribution in [3.05, 3.63) is 0 Å². The van der Waals surface area contributed by atoms with Gasteiger partial charge in [-0.3, -0.25) is 4.90 Å². The summed E-state index contributed by atoms with van der Waals surface area (Å²) < 4.78 is 37.0. The fourth-order valence-corrected chi connectivity index (χ4v) is 2.20. The van der Waals surface area contributed by atoms with Crippen LogP contribution in [0.1, 0.15) is 33.1 Å². The lowest BCUT2D eigenvalue weighted by Crippen LogP contribution is -2.48. The predicted octanol–water partition coefficient (Wildman–Crippen LogP) is 2.17. The van der Waals surface area contributed by atoms with Gasteiger partial charge < -0.3 is 5.11 Å². The first-order valence-corrected chi connectivity index (χ1v) is 5.32. The zero-order valence-corrected chi connectivity index (χ0v) is 9.09. The maximum atomic E-state index is 12.3. The van der Waals surface area contributed by atoms with E-state index in [1.807, 2.05) is 0 Å². The van der Waals surface area contributed by atoms with E-state index in [2.05, 4.69) is 0 Å². The molecule has 0 heterocycles. The van der Waals surface area contributed by atoms with Gasteiger partial charge in [0.15, 0.2) is 0 Å². The van der Waals surface area contributed by atoms with Crippen LogP contribution in [0, 0.1) is 0 Å². The molecule has 0 spiro atoms. The van der Waals surface area contributed by atoms with Crippen molar-refractivity contribution in [2.45, 2.75) is 57.5 Å². The van der Waals surface area contributed by atoms with Gasteiger partial charge >= 0.3 is 6.18 Å². The highest BCUT2D eigenvalue weighted by Crippen LogP contribution is 2.28. The quantitative estimate of drug-likeness (QED) is 0.795. The average molecular weight is 225 g/mol. The van der Waals surface area contributed by atoms with Gasteiger partial charge in [-0.05, 0) is 33.1 Å². The van der Waals surface area contributed by atoms with E-state index < -0.39 is 18.8 Å². The van der Waals surface area contributed by atoms with Crippen LogP contribution >= 0.6 is 0 Å². The van der Waals surface area contributed by atoms with Crippen LogP contribution < -0.4 is 0 Å². The van der Waals surface area contributed by atoms with Crippen molar-refractivity contribution in [1.82, 2.24) is 4.90 Å². The summed E-state index contributed by atoms with van der Waals surface area (Å²) in [5.74, 6) is 0. The maximum Gasteiger partial charge on any atom is 0.401 e. The zero-order valence-electron chi connectivity index (χ0n) is 9.09. The van der Waals surface area contributed by atoms with E-state index in [4.69, 9.17) is 0 Å². The number of alkyl halides is 3. The molecule has 2 nitrogen and oxygen atoms in total. The van der Waals surface area contributed by atoms with Crippen molar-refractivity contribution in [3.63, 3.8) is 0 Å². The highest BCUT2D eigenvalue weighted by molar-refractivity contribution is 4.87. The third-order valence-electron chi connectivity index (χ3n) is 2.90. The molecule has 0 bridgehead atoms. The normalized spacial score (nSPS) is 28.0. The minimum Gasteiger partial charge on any atom is -0.391 e. The number of halogens is 3. The Balaban J connectivity index is 2.65. The summed E-state index contributed by atoms with van der Waals surface area (Å²) in [7, 11) is 0. The van der Waals surface area contributed by atoms with Gasteiger partial charge in [0.2, 0.25) is 0 Å². The summed E-state index contributed by atoms with van der Waals surface area (Å²) in [6.45, 7) is 2.54. The molecule has 0 aromatic carbocycles. The summed E-state index contributed by atoms with van der Waals surface area (Å²) in [5, 5.41) is 9.60. The predicted molar refractivity (Wildman–Crippen MR) is 51.5 cm³/mol. The van der Waals surface area contributed by atoms with Gasteiger partial charge in [0.1, 0.15) is 0 Å². The number of nitrogens with zero attached hydrogens (tertiary/aromatic N) is 1. The summed E-state index contributed by atoms with van der Waals surface area (Å²) >= 11 is 0. The van der Waals surface area contributed by atoms with Crippen molar-refractivity contribution >= 4 is 0 Å². The Labute approximate surface area is 88.1 Å². The van der Waals surface area contributed by atoms with E-state index in [0.29, 0.717) is 12.8 Å². The van der Waals surface area contributed by atoms with E-state index in [1.165, 1.54) is 4.90 Å². The van der Waals surface area contributed by atoms with Crippen LogP contribution in [0.3, 0.4) is 0 Å². The molecule has 0 aliphatic heterocycles. The van der Waals surface area contributed by atoms with Crippen LogP contribution in [0.25, 0.3) is 0 Å². The molecule has 1 saturated carbocycles. The van der Waals surface area contributed by atoms with Gasteiger partial charge in [0.05, 0.1) is 12.6 Å². The largest absolute Gasteiger partial charge is 0.401 e. The molecule has 90 valence electrons. The molecule has 0 amide bonds. The average Bonchev–Trinajstić information content (AvgIpc) is 2.45. The molecule has 0 unspecified atom stereocenters. The van der Waals surface area contributed by atoms with Crippen LogP contribution in [-0.4, -0.2) is 40.9 Å². The number of aliphatic hydroxyl groups is 1. The van der Waals surface area contributed by atoms with Crippen molar-refractivity contribution in [2.24, 2.45) is 0 Å². The fraction of sp³-hybridized carbons (Fsp3) is 1.00. The lowest BCUT2D eigenvalue weighted by atomic mass is 10.1. The minimum atomic E-state index is -4.19. The Hall–Kier alpha value is -0.290. The van der Waals surface area contributed by atoms with Gasteiger partial charge in [-0.15, -0.1) is 0 Å². The van der Waals surface area contributed by atoms with Crippen molar-refractivity contribution in [1.29, 1.82) is 0 Å². The van der Waals surface area contributed by atoms with E-state index in [0.717, 1.165) is 6.42 Å². The monoisotopic (exact) mass is 225 g/mol. The van der Waals surface area contributed by atoms with Gasteiger partial charge in [-0.1, -0.05) is 0 Å². The number of rotatable bonds is 3. The molecule has 0 aromatic heterocycles. The fourth-order valence-electron chi connectivity index (χ4n) is 2.20. The van der Waals surface area contributed by atoms with Crippen LogP contribution in [-0.2, 0) is 0 Å². The Morgan fingerprint density at radius 2 is 1.93 bits per heavy atom. The zero-order chi connectivity index (χ0) is 11.6. The lowest BCUT2D eigenvalue weighted by Gasteiger charge is -2.34. The molecule has 1 rings (SSSR count). The lowest BCUT2D eigenvalue weighted by molar-refractivity contribution is -0.159. The Bertz CT molecular complexity index is 205. The van der Waals surface area contributed by atoms with E-state index >= 15 is 0 Å². The van der Waals surface area contributed by atoms with Crippen molar-refractivity contribution in [3.8, 4) is 0 Å². The number of hydrogen-bond donors (Lipinski definition) is 1. The first kappa shape index (κ1) is 12.8. The molecule has 1 fully saturated rings. The minimum absolute atomic E-state index is 0.190. The van der Waals surface area contributed by atoms with Crippen LogP contribution in [0.5, 0.6) is 0 Å². The number of aliphatic hydroxyl groups excluding tert-OH is 1. The highest BCUT2D eigenvalue weighted by atomic mass is 19.4. The number of hydrogen-bond acceptors (Lipinski definition) is 2. The first-order valence-electron chi connectivity index (χ1n) is 5.32.